The van der Waals surface area contributed by atoms with Crippen LogP contribution in [0, 0.1) is 12.3 Å². The topological polar surface area (TPSA) is 32.8 Å². The highest BCUT2D eigenvalue weighted by Gasteiger charge is 2.43. The highest BCUT2D eigenvalue weighted by atomic mass is 16.6. The van der Waals surface area contributed by atoms with Gasteiger partial charge in [0.15, 0.2) is 0 Å². The molecule has 1 N–H and O–H groups in total. The molecule has 1 fully saturated rings. The summed E-state index contributed by atoms with van der Waals surface area (Å²) in [5, 5.41) is 8.57. The molecule has 44 valence electrons. The fourth-order valence-corrected chi connectivity index (χ4v) is 0.537. The predicted molar refractivity (Wildman–Crippen MR) is 29.2 cm³/mol. The Labute approximate surface area is 48.5 Å². The van der Waals surface area contributed by atoms with Crippen LogP contribution in [0.25, 0.3) is 0 Å². The van der Waals surface area contributed by atoms with Crippen LogP contribution in [0.3, 0.4) is 0 Å². The molecule has 2 nitrogen and oxygen atoms in total. The van der Waals surface area contributed by atoms with Gasteiger partial charge in [-0.05, 0) is 0 Å². The lowest BCUT2D eigenvalue weighted by atomic mass is 10.1. The van der Waals surface area contributed by atoms with Crippen LogP contribution in [0.5, 0.6) is 0 Å². The van der Waals surface area contributed by atoms with Gasteiger partial charge in [-0.3, -0.25) is 0 Å². The van der Waals surface area contributed by atoms with Crippen molar-refractivity contribution in [1.29, 1.82) is 0 Å². The van der Waals surface area contributed by atoms with Crippen molar-refractivity contribution >= 4 is 0 Å². The van der Waals surface area contributed by atoms with E-state index >= 15 is 0 Å². The third kappa shape index (κ3) is 0.835. The Morgan fingerprint density at radius 1 is 1.88 bits per heavy atom. The van der Waals surface area contributed by atoms with Crippen molar-refractivity contribution < 1.29 is 9.84 Å². The zero-order valence-electron chi connectivity index (χ0n) is 4.55. The first-order chi connectivity index (χ1) is 3.83. The van der Waals surface area contributed by atoms with Gasteiger partial charge in [-0.1, -0.05) is 0 Å². The Balaban J connectivity index is 2.33. The third-order valence-electron chi connectivity index (χ3n) is 1.26. The molecule has 1 heterocycles. The van der Waals surface area contributed by atoms with Crippen molar-refractivity contribution in [1.82, 2.24) is 0 Å². The molecule has 1 atom stereocenters. The molecule has 0 aliphatic carbocycles. The maximum Gasteiger partial charge on any atom is 0.125 e. The zero-order valence-corrected chi connectivity index (χ0v) is 4.55. The summed E-state index contributed by atoms with van der Waals surface area (Å²) in [4.78, 5) is 0. The molecule has 0 unspecified atom stereocenters. The summed E-state index contributed by atoms with van der Waals surface area (Å²) in [6.07, 6.45) is 5.52. The number of epoxide rings is 1. The lowest BCUT2D eigenvalue weighted by Gasteiger charge is -1.98. The number of rotatable bonds is 2. The van der Waals surface area contributed by atoms with Crippen LogP contribution in [0.15, 0.2) is 0 Å². The fraction of sp³-hybridized carbons (Fsp3) is 0.667. The number of hydrogen-bond acceptors (Lipinski definition) is 2. The number of terminal acetylenes is 1. The molecule has 0 bridgehead atoms. The van der Waals surface area contributed by atoms with Gasteiger partial charge in [-0.2, -0.15) is 0 Å². The molecule has 0 aromatic heterocycles. The van der Waals surface area contributed by atoms with Crippen LogP contribution in [0.4, 0.5) is 0 Å². The summed E-state index contributed by atoms with van der Waals surface area (Å²) in [5.41, 5.74) is -0.339. The Morgan fingerprint density at radius 3 is 2.62 bits per heavy atom. The van der Waals surface area contributed by atoms with Crippen LogP contribution >= 0.6 is 0 Å². The number of aliphatic hydroxyl groups excluding tert-OH is 1. The maximum atomic E-state index is 8.57. The lowest BCUT2D eigenvalue weighted by molar-refractivity contribution is 0.175. The van der Waals surface area contributed by atoms with Crippen molar-refractivity contribution in [3.8, 4) is 12.3 Å². The Hall–Kier alpha value is -0.520. The van der Waals surface area contributed by atoms with Crippen molar-refractivity contribution in [2.24, 2.45) is 0 Å². The summed E-state index contributed by atoms with van der Waals surface area (Å²) >= 11 is 0. The monoisotopic (exact) mass is 112 g/mol. The van der Waals surface area contributed by atoms with E-state index in [2.05, 4.69) is 5.92 Å². The van der Waals surface area contributed by atoms with Gasteiger partial charge in [0.2, 0.25) is 0 Å². The molecule has 2 heteroatoms. The lowest BCUT2D eigenvalue weighted by Crippen LogP contribution is -2.14. The molecule has 1 aliphatic rings. The van der Waals surface area contributed by atoms with E-state index in [1.807, 2.05) is 0 Å². The van der Waals surface area contributed by atoms with Crippen molar-refractivity contribution in [2.75, 3.05) is 13.2 Å². The minimum absolute atomic E-state index is 0.0528. The molecular weight excluding hydrogens is 104 g/mol. The van der Waals surface area contributed by atoms with E-state index in [4.69, 9.17) is 16.3 Å². The largest absolute Gasteiger partial charge is 0.393 e. The van der Waals surface area contributed by atoms with E-state index < -0.39 is 0 Å². The van der Waals surface area contributed by atoms with Gasteiger partial charge in [0, 0.05) is 6.42 Å². The van der Waals surface area contributed by atoms with Crippen molar-refractivity contribution in [3.05, 3.63) is 0 Å². The minimum atomic E-state index is -0.339. The van der Waals surface area contributed by atoms with E-state index in [1.165, 1.54) is 0 Å². The van der Waals surface area contributed by atoms with Gasteiger partial charge in [-0.15, -0.1) is 12.3 Å². The first kappa shape index (κ1) is 5.61. The van der Waals surface area contributed by atoms with Crippen LogP contribution < -0.4 is 0 Å². The molecule has 0 aromatic carbocycles. The van der Waals surface area contributed by atoms with E-state index in [0.29, 0.717) is 13.0 Å². The van der Waals surface area contributed by atoms with E-state index in [1.54, 1.807) is 0 Å². The SMILES string of the molecule is C#CC[C@@]1(CO)CO1. The second kappa shape index (κ2) is 1.77. The third-order valence-corrected chi connectivity index (χ3v) is 1.26. The van der Waals surface area contributed by atoms with Crippen LogP contribution in [0.2, 0.25) is 0 Å². The highest BCUT2D eigenvalue weighted by molar-refractivity contribution is 5.02. The molecule has 1 aliphatic heterocycles. The number of aliphatic hydroxyl groups is 1. The van der Waals surface area contributed by atoms with Crippen LogP contribution in [-0.4, -0.2) is 23.9 Å². The summed E-state index contributed by atoms with van der Waals surface area (Å²) in [6.45, 7) is 0.672. The predicted octanol–water partition coefficient (Wildman–Crippen LogP) is -0.229. The molecule has 1 saturated heterocycles. The summed E-state index contributed by atoms with van der Waals surface area (Å²) in [5.74, 6) is 2.44. The smallest absolute Gasteiger partial charge is 0.125 e. The van der Waals surface area contributed by atoms with Gasteiger partial charge in [0.05, 0.1) is 13.2 Å². The molecule has 0 radical (unpaired) electrons. The fourth-order valence-electron chi connectivity index (χ4n) is 0.537. The Bertz CT molecular complexity index is 119. The average molecular weight is 112 g/mol. The van der Waals surface area contributed by atoms with E-state index in [9.17, 15) is 0 Å². The van der Waals surface area contributed by atoms with E-state index in [0.717, 1.165) is 0 Å². The van der Waals surface area contributed by atoms with Crippen molar-refractivity contribution in [2.45, 2.75) is 12.0 Å². The molecular formula is C6H8O2. The minimum Gasteiger partial charge on any atom is -0.393 e. The van der Waals surface area contributed by atoms with Gasteiger partial charge in [-0.25, -0.2) is 0 Å². The van der Waals surface area contributed by atoms with Crippen LogP contribution in [-0.2, 0) is 4.74 Å². The first-order valence-electron chi connectivity index (χ1n) is 2.51. The second-order valence-electron chi connectivity index (χ2n) is 2.01. The number of hydrogen-bond donors (Lipinski definition) is 1. The summed E-state index contributed by atoms with van der Waals surface area (Å²) < 4.78 is 4.89. The summed E-state index contributed by atoms with van der Waals surface area (Å²) in [7, 11) is 0. The van der Waals surface area contributed by atoms with E-state index in [-0.39, 0.29) is 12.2 Å². The molecule has 0 aromatic rings. The van der Waals surface area contributed by atoms with Gasteiger partial charge < -0.3 is 9.84 Å². The Kier molecular flexibility index (Phi) is 1.24. The normalized spacial score (nSPS) is 34.0. The average Bonchev–Trinajstić information content (AvgIpc) is 2.50. The maximum absolute atomic E-state index is 8.57. The molecule has 0 spiro atoms. The summed E-state index contributed by atoms with van der Waals surface area (Å²) in [6, 6.07) is 0. The molecule has 1 rings (SSSR count). The second-order valence-corrected chi connectivity index (χ2v) is 2.01. The molecule has 0 saturated carbocycles. The molecule has 8 heavy (non-hydrogen) atoms. The standard InChI is InChI=1S/C6H8O2/c1-2-3-6(4-7)5-8-6/h1,7H,3-5H2/t6-/m1/s1. The Morgan fingerprint density at radius 2 is 2.50 bits per heavy atom. The first-order valence-corrected chi connectivity index (χ1v) is 2.51. The van der Waals surface area contributed by atoms with Crippen molar-refractivity contribution in [3.63, 3.8) is 0 Å². The van der Waals surface area contributed by atoms with Gasteiger partial charge >= 0.3 is 0 Å². The highest BCUT2D eigenvalue weighted by Crippen LogP contribution is 2.28. The van der Waals surface area contributed by atoms with Crippen LogP contribution in [0.1, 0.15) is 6.42 Å². The molecule has 0 amide bonds. The zero-order chi connectivity index (χ0) is 6.04. The van der Waals surface area contributed by atoms with Gasteiger partial charge in [0.1, 0.15) is 5.60 Å². The number of ether oxygens (including phenoxy) is 1. The van der Waals surface area contributed by atoms with Gasteiger partial charge in [0.25, 0.3) is 0 Å². The quantitative estimate of drug-likeness (QED) is 0.395.